The van der Waals surface area contributed by atoms with Crippen LogP contribution in [0.1, 0.15) is 18.1 Å². The monoisotopic (exact) mass is 275 g/mol. The van der Waals surface area contributed by atoms with Gasteiger partial charge in [-0.1, -0.05) is 18.2 Å². The minimum Gasteiger partial charge on any atom is -0.383 e. The molecule has 0 unspecified atom stereocenters. The van der Waals surface area contributed by atoms with Crippen LogP contribution in [0.3, 0.4) is 0 Å². The number of methoxy groups -OCH3 is 1. The summed E-state index contributed by atoms with van der Waals surface area (Å²) in [6, 6.07) is 9.51. The first kappa shape index (κ1) is 16.2. The SMILES string of the molecule is CCN(Cc1ccccc1C#N)C(=O)CNCCOC. The molecule has 0 heterocycles. The first-order chi connectivity index (χ1) is 9.72. The molecule has 0 aromatic heterocycles. The summed E-state index contributed by atoms with van der Waals surface area (Å²) in [5.74, 6) is 0.0244. The van der Waals surface area contributed by atoms with Gasteiger partial charge in [-0.2, -0.15) is 5.26 Å². The van der Waals surface area contributed by atoms with Crippen molar-refractivity contribution in [3.63, 3.8) is 0 Å². The van der Waals surface area contributed by atoms with Crippen molar-refractivity contribution < 1.29 is 9.53 Å². The first-order valence-corrected chi connectivity index (χ1v) is 6.68. The number of hydrogen-bond donors (Lipinski definition) is 1. The number of carbonyl (C=O) groups excluding carboxylic acids is 1. The van der Waals surface area contributed by atoms with Gasteiger partial charge in [0.25, 0.3) is 0 Å². The minimum absolute atomic E-state index is 0.0244. The zero-order valence-corrected chi connectivity index (χ0v) is 12.1. The van der Waals surface area contributed by atoms with E-state index in [-0.39, 0.29) is 12.5 Å². The van der Waals surface area contributed by atoms with Crippen LogP contribution in [0.25, 0.3) is 0 Å². The minimum atomic E-state index is 0.0244. The number of amides is 1. The Kier molecular flexibility index (Phi) is 7.33. The van der Waals surface area contributed by atoms with E-state index in [1.54, 1.807) is 18.1 Å². The highest BCUT2D eigenvalue weighted by Crippen LogP contribution is 2.10. The third-order valence-corrected chi connectivity index (χ3v) is 2.99. The van der Waals surface area contributed by atoms with Crippen molar-refractivity contribution in [1.82, 2.24) is 10.2 Å². The molecule has 0 fully saturated rings. The van der Waals surface area contributed by atoms with Crippen molar-refractivity contribution in [3.05, 3.63) is 35.4 Å². The summed E-state index contributed by atoms with van der Waals surface area (Å²) in [5, 5.41) is 12.1. The van der Waals surface area contributed by atoms with Crippen molar-refractivity contribution in [1.29, 1.82) is 5.26 Å². The summed E-state index contributed by atoms with van der Waals surface area (Å²) in [5.41, 5.74) is 1.49. The van der Waals surface area contributed by atoms with E-state index in [1.165, 1.54) is 0 Å². The van der Waals surface area contributed by atoms with E-state index in [9.17, 15) is 4.79 Å². The molecule has 20 heavy (non-hydrogen) atoms. The van der Waals surface area contributed by atoms with Crippen LogP contribution >= 0.6 is 0 Å². The third kappa shape index (κ3) is 5.00. The van der Waals surface area contributed by atoms with Crippen LogP contribution in [0.15, 0.2) is 24.3 Å². The number of likely N-dealkylation sites (N-methyl/N-ethyl adjacent to an activating group) is 1. The zero-order valence-electron chi connectivity index (χ0n) is 12.1. The number of hydrogen-bond acceptors (Lipinski definition) is 4. The first-order valence-electron chi connectivity index (χ1n) is 6.68. The van der Waals surface area contributed by atoms with Gasteiger partial charge in [0.2, 0.25) is 5.91 Å². The van der Waals surface area contributed by atoms with Gasteiger partial charge in [-0.15, -0.1) is 0 Å². The topological polar surface area (TPSA) is 65.4 Å². The number of nitriles is 1. The summed E-state index contributed by atoms with van der Waals surface area (Å²) in [4.78, 5) is 13.8. The number of ether oxygens (including phenoxy) is 1. The molecule has 0 aliphatic rings. The van der Waals surface area contributed by atoms with Gasteiger partial charge < -0.3 is 15.0 Å². The number of benzene rings is 1. The molecule has 0 spiro atoms. The Bertz CT molecular complexity index is 468. The second kappa shape index (κ2) is 9.08. The maximum atomic E-state index is 12.1. The highest BCUT2D eigenvalue weighted by Gasteiger charge is 2.13. The van der Waals surface area contributed by atoms with Gasteiger partial charge in [0.05, 0.1) is 24.8 Å². The molecule has 1 N–H and O–H groups in total. The predicted octanol–water partition coefficient (Wildman–Crippen LogP) is 1.14. The van der Waals surface area contributed by atoms with Gasteiger partial charge in [-0.25, -0.2) is 0 Å². The summed E-state index contributed by atoms with van der Waals surface area (Å²) in [6.45, 7) is 4.52. The molecule has 0 saturated heterocycles. The largest absolute Gasteiger partial charge is 0.383 e. The molecule has 1 aromatic carbocycles. The van der Waals surface area contributed by atoms with Crippen LogP contribution < -0.4 is 5.32 Å². The molecule has 5 heteroatoms. The molecule has 1 amide bonds. The normalized spacial score (nSPS) is 10.1. The number of carbonyl (C=O) groups is 1. The average molecular weight is 275 g/mol. The van der Waals surface area contributed by atoms with Crippen molar-refractivity contribution in [2.45, 2.75) is 13.5 Å². The quantitative estimate of drug-likeness (QED) is 0.723. The average Bonchev–Trinajstić information content (AvgIpc) is 2.49. The van der Waals surface area contributed by atoms with E-state index in [0.717, 1.165) is 5.56 Å². The molecule has 0 bridgehead atoms. The van der Waals surface area contributed by atoms with Crippen molar-refractivity contribution >= 4 is 5.91 Å². The highest BCUT2D eigenvalue weighted by atomic mass is 16.5. The molecule has 0 radical (unpaired) electrons. The van der Waals surface area contributed by atoms with Crippen LogP contribution in [-0.2, 0) is 16.1 Å². The van der Waals surface area contributed by atoms with Crippen LogP contribution in [0.5, 0.6) is 0 Å². The van der Waals surface area contributed by atoms with E-state index in [2.05, 4.69) is 11.4 Å². The second-order valence-corrected chi connectivity index (χ2v) is 4.35. The van der Waals surface area contributed by atoms with Crippen molar-refractivity contribution in [2.75, 3.05) is 33.4 Å². The summed E-state index contributed by atoms with van der Waals surface area (Å²) >= 11 is 0. The lowest BCUT2D eigenvalue weighted by Gasteiger charge is -2.21. The Morgan fingerprint density at radius 1 is 1.45 bits per heavy atom. The Labute approximate surface area is 120 Å². The third-order valence-electron chi connectivity index (χ3n) is 2.99. The smallest absolute Gasteiger partial charge is 0.236 e. The van der Waals surface area contributed by atoms with Crippen LogP contribution in [0.2, 0.25) is 0 Å². The number of rotatable bonds is 8. The van der Waals surface area contributed by atoms with E-state index >= 15 is 0 Å². The lowest BCUT2D eigenvalue weighted by molar-refractivity contribution is -0.130. The zero-order chi connectivity index (χ0) is 14.8. The number of nitrogens with one attached hydrogen (secondary N) is 1. The molecule has 0 aliphatic carbocycles. The van der Waals surface area contributed by atoms with Crippen molar-refractivity contribution in [2.24, 2.45) is 0 Å². The maximum absolute atomic E-state index is 12.1. The predicted molar refractivity (Wildman–Crippen MR) is 77.0 cm³/mol. The number of nitrogens with zero attached hydrogens (tertiary/aromatic N) is 2. The molecular weight excluding hydrogens is 254 g/mol. The van der Waals surface area contributed by atoms with E-state index in [4.69, 9.17) is 10.00 Å². The fourth-order valence-electron chi connectivity index (χ4n) is 1.83. The lowest BCUT2D eigenvalue weighted by atomic mass is 10.1. The molecule has 0 saturated carbocycles. The van der Waals surface area contributed by atoms with Crippen LogP contribution in [0.4, 0.5) is 0 Å². The fraction of sp³-hybridized carbons (Fsp3) is 0.467. The standard InChI is InChI=1S/C15H21N3O2/c1-3-18(15(19)11-17-8-9-20-2)12-14-7-5-4-6-13(14)10-16/h4-7,17H,3,8-9,11-12H2,1-2H3. The molecule has 1 rings (SSSR count). The molecule has 1 aromatic rings. The van der Waals surface area contributed by atoms with Crippen molar-refractivity contribution in [3.8, 4) is 6.07 Å². The molecule has 108 valence electrons. The summed E-state index contributed by atoms with van der Waals surface area (Å²) in [6.07, 6.45) is 0. The van der Waals surface area contributed by atoms with Crippen LogP contribution in [0, 0.1) is 11.3 Å². The summed E-state index contributed by atoms with van der Waals surface area (Å²) in [7, 11) is 1.63. The van der Waals surface area contributed by atoms with Gasteiger partial charge in [0.1, 0.15) is 0 Å². The van der Waals surface area contributed by atoms with E-state index in [1.807, 2.05) is 25.1 Å². The van der Waals surface area contributed by atoms with Gasteiger partial charge in [-0.3, -0.25) is 4.79 Å². The van der Waals surface area contributed by atoms with Gasteiger partial charge in [-0.05, 0) is 18.6 Å². The lowest BCUT2D eigenvalue weighted by Crippen LogP contribution is -2.38. The molecule has 0 aliphatic heterocycles. The van der Waals surface area contributed by atoms with Gasteiger partial charge in [0.15, 0.2) is 0 Å². The Morgan fingerprint density at radius 3 is 2.85 bits per heavy atom. The Balaban J connectivity index is 2.58. The van der Waals surface area contributed by atoms with Gasteiger partial charge in [0, 0.05) is 26.7 Å². The highest BCUT2D eigenvalue weighted by molar-refractivity contribution is 5.78. The second-order valence-electron chi connectivity index (χ2n) is 4.35. The Morgan fingerprint density at radius 2 is 2.20 bits per heavy atom. The fourth-order valence-corrected chi connectivity index (χ4v) is 1.83. The maximum Gasteiger partial charge on any atom is 0.236 e. The van der Waals surface area contributed by atoms with Gasteiger partial charge >= 0.3 is 0 Å². The molecule has 0 atom stereocenters. The molecule has 5 nitrogen and oxygen atoms in total. The van der Waals surface area contributed by atoms with Crippen LogP contribution in [-0.4, -0.2) is 44.2 Å². The van der Waals surface area contributed by atoms with E-state index in [0.29, 0.717) is 31.8 Å². The molecular formula is C15H21N3O2. The summed E-state index contributed by atoms with van der Waals surface area (Å²) < 4.78 is 4.91. The Hall–Kier alpha value is -1.90. The van der Waals surface area contributed by atoms with E-state index < -0.39 is 0 Å².